The molecule has 1 aromatic rings. The van der Waals surface area contributed by atoms with Gasteiger partial charge in [0.25, 0.3) is 0 Å². The minimum Gasteiger partial charge on any atom is -0.370 e. The summed E-state index contributed by atoms with van der Waals surface area (Å²) in [7, 11) is 0. The maximum absolute atomic E-state index is 13.0. The second-order valence-corrected chi connectivity index (χ2v) is 7.61. The zero-order valence-electron chi connectivity index (χ0n) is 17.6. The van der Waals surface area contributed by atoms with Crippen LogP contribution in [0.4, 0.5) is 13.2 Å². The van der Waals surface area contributed by atoms with Crippen molar-refractivity contribution in [3.05, 3.63) is 35.4 Å². The number of hydrogen-bond donors (Lipinski definition) is 2. The van der Waals surface area contributed by atoms with Crippen molar-refractivity contribution in [2.45, 2.75) is 50.9 Å². The zero-order chi connectivity index (χ0) is 21.6. The van der Waals surface area contributed by atoms with E-state index < -0.39 is 17.8 Å². The van der Waals surface area contributed by atoms with Crippen molar-refractivity contribution in [1.82, 2.24) is 15.5 Å². The quantitative estimate of drug-likeness (QED) is 0.234. The van der Waals surface area contributed by atoms with Crippen molar-refractivity contribution >= 4 is 35.8 Å². The van der Waals surface area contributed by atoms with Gasteiger partial charge < -0.3 is 20.3 Å². The van der Waals surface area contributed by atoms with Gasteiger partial charge in [0.1, 0.15) is 6.10 Å². The Morgan fingerprint density at radius 1 is 1.32 bits per heavy atom. The summed E-state index contributed by atoms with van der Waals surface area (Å²) in [6.07, 6.45) is -1.62. The molecule has 0 bridgehead atoms. The minimum absolute atomic E-state index is 0. The first-order chi connectivity index (χ1) is 14.4. The number of benzene rings is 1. The molecule has 10 heteroatoms. The summed E-state index contributed by atoms with van der Waals surface area (Å²) in [6, 6.07) is 5.64. The molecule has 1 heterocycles. The van der Waals surface area contributed by atoms with Gasteiger partial charge in [-0.1, -0.05) is 12.1 Å². The molecule has 0 aromatic heterocycles. The van der Waals surface area contributed by atoms with Gasteiger partial charge >= 0.3 is 6.18 Å². The number of rotatable bonds is 7. The van der Waals surface area contributed by atoms with E-state index in [1.54, 1.807) is 6.07 Å². The average molecular weight is 554 g/mol. The number of guanidine groups is 1. The molecule has 1 saturated carbocycles. The normalized spacial score (nSPS) is 19.5. The molecule has 3 rings (SSSR count). The van der Waals surface area contributed by atoms with Gasteiger partial charge in [0.05, 0.1) is 18.7 Å². The highest BCUT2D eigenvalue weighted by Gasteiger charge is 2.32. The highest BCUT2D eigenvalue weighted by Crippen LogP contribution is 2.32. The first-order valence-corrected chi connectivity index (χ1v) is 10.5. The van der Waals surface area contributed by atoms with Crippen molar-refractivity contribution in [3.63, 3.8) is 0 Å². The highest BCUT2D eigenvalue weighted by molar-refractivity contribution is 14.0. The lowest BCUT2D eigenvalue weighted by Gasteiger charge is -2.35. The summed E-state index contributed by atoms with van der Waals surface area (Å²) in [6.45, 7) is 4.55. The number of ether oxygens (including phenoxy) is 1. The van der Waals surface area contributed by atoms with E-state index in [0.29, 0.717) is 63.2 Å². The molecule has 1 saturated heterocycles. The fourth-order valence-corrected chi connectivity index (χ4v) is 3.34. The topological polar surface area (TPSA) is 66.0 Å². The first-order valence-electron chi connectivity index (χ1n) is 10.5. The van der Waals surface area contributed by atoms with Gasteiger partial charge in [-0.25, -0.2) is 0 Å². The van der Waals surface area contributed by atoms with Gasteiger partial charge in [0, 0.05) is 32.1 Å². The van der Waals surface area contributed by atoms with Gasteiger partial charge in [-0.05, 0) is 43.9 Å². The molecule has 0 radical (unpaired) electrons. The Hall–Kier alpha value is -1.56. The predicted octanol–water partition coefficient (Wildman–Crippen LogP) is 3.72. The molecule has 174 valence electrons. The molecule has 31 heavy (non-hydrogen) atoms. The number of halogens is 4. The lowest BCUT2D eigenvalue weighted by atomic mass is 10.0. The Balaban J connectivity index is 0.00000341. The Morgan fingerprint density at radius 3 is 2.77 bits per heavy atom. The van der Waals surface area contributed by atoms with E-state index in [0.717, 1.165) is 25.0 Å². The molecule has 2 N–H and O–H groups in total. The summed E-state index contributed by atoms with van der Waals surface area (Å²) in [5.74, 6) is 0.758. The van der Waals surface area contributed by atoms with Crippen LogP contribution in [0.5, 0.6) is 0 Å². The van der Waals surface area contributed by atoms with E-state index in [2.05, 4.69) is 15.6 Å². The molecule has 0 spiro atoms. The average Bonchev–Trinajstić information content (AvgIpc) is 3.54. The number of carbonyl (C=O) groups excluding carboxylic acids is 1. The monoisotopic (exact) mass is 554 g/mol. The van der Waals surface area contributed by atoms with Crippen molar-refractivity contribution in [2.24, 2.45) is 4.99 Å². The van der Waals surface area contributed by atoms with E-state index in [9.17, 15) is 18.0 Å². The van der Waals surface area contributed by atoms with E-state index in [4.69, 9.17) is 4.74 Å². The van der Waals surface area contributed by atoms with Gasteiger partial charge in [-0.2, -0.15) is 13.2 Å². The zero-order valence-corrected chi connectivity index (χ0v) is 19.9. The first kappa shape index (κ1) is 25.7. The van der Waals surface area contributed by atoms with Crippen LogP contribution in [0, 0.1) is 0 Å². The Labute approximate surface area is 198 Å². The van der Waals surface area contributed by atoms with Crippen LogP contribution in [0.25, 0.3) is 0 Å². The van der Waals surface area contributed by atoms with Crippen LogP contribution < -0.4 is 10.6 Å². The maximum Gasteiger partial charge on any atom is 0.416 e. The number of hydrogen-bond acceptors (Lipinski definition) is 3. The summed E-state index contributed by atoms with van der Waals surface area (Å²) >= 11 is 0. The Kier molecular flexibility index (Phi) is 9.86. The standard InChI is InChI=1S/C21H29F3N4O2.HI/c1-2-25-20(26-10-4-7-19(29)27-17-8-9-17)28-11-12-30-18(14-28)15-5-3-6-16(13-15)21(22,23)24;/h3,5-6,13,17-18H,2,4,7-12,14H2,1H3,(H,25,26)(H,27,29);1H. The van der Waals surface area contributed by atoms with E-state index in [-0.39, 0.29) is 29.9 Å². The smallest absolute Gasteiger partial charge is 0.370 e. The Bertz CT molecular complexity index is 756. The molecular formula is C21H30F3IN4O2. The van der Waals surface area contributed by atoms with Crippen molar-refractivity contribution in [3.8, 4) is 0 Å². The third kappa shape index (κ3) is 8.13. The molecule has 1 amide bonds. The molecule has 1 aliphatic carbocycles. The van der Waals surface area contributed by atoms with Crippen molar-refractivity contribution in [1.29, 1.82) is 0 Å². The van der Waals surface area contributed by atoms with Crippen LogP contribution >= 0.6 is 24.0 Å². The second kappa shape index (κ2) is 11.9. The summed E-state index contributed by atoms with van der Waals surface area (Å²) in [5, 5.41) is 6.19. The summed E-state index contributed by atoms with van der Waals surface area (Å²) in [4.78, 5) is 18.4. The number of alkyl halides is 3. The third-order valence-corrected chi connectivity index (χ3v) is 5.05. The third-order valence-electron chi connectivity index (χ3n) is 5.05. The van der Waals surface area contributed by atoms with Crippen LogP contribution in [-0.2, 0) is 15.7 Å². The fraction of sp³-hybridized carbons (Fsp3) is 0.619. The highest BCUT2D eigenvalue weighted by atomic mass is 127. The minimum atomic E-state index is -4.38. The molecular weight excluding hydrogens is 524 g/mol. The SMILES string of the molecule is CCNC(=NCCCC(=O)NC1CC1)N1CCOC(c2cccc(C(F)(F)F)c2)C1.I. The van der Waals surface area contributed by atoms with Gasteiger partial charge in [0.15, 0.2) is 5.96 Å². The predicted molar refractivity (Wildman–Crippen MR) is 124 cm³/mol. The van der Waals surface area contributed by atoms with Crippen molar-refractivity contribution in [2.75, 3.05) is 32.8 Å². The lowest BCUT2D eigenvalue weighted by molar-refractivity contribution is -0.137. The van der Waals surface area contributed by atoms with Crippen LogP contribution in [0.15, 0.2) is 29.3 Å². The van der Waals surface area contributed by atoms with Gasteiger partial charge in [-0.15, -0.1) is 24.0 Å². The summed E-state index contributed by atoms with van der Waals surface area (Å²) in [5.41, 5.74) is -0.173. The largest absolute Gasteiger partial charge is 0.416 e. The number of amides is 1. The van der Waals surface area contributed by atoms with Crippen LogP contribution in [0.3, 0.4) is 0 Å². The van der Waals surface area contributed by atoms with Crippen LogP contribution in [0.1, 0.15) is 49.8 Å². The number of morpholine rings is 1. The molecule has 6 nitrogen and oxygen atoms in total. The second-order valence-electron chi connectivity index (χ2n) is 7.61. The van der Waals surface area contributed by atoms with Crippen LogP contribution in [0.2, 0.25) is 0 Å². The number of nitrogens with zero attached hydrogens (tertiary/aromatic N) is 2. The van der Waals surface area contributed by atoms with Gasteiger partial charge in [-0.3, -0.25) is 9.79 Å². The molecule has 2 fully saturated rings. The van der Waals surface area contributed by atoms with E-state index >= 15 is 0 Å². The van der Waals surface area contributed by atoms with E-state index in [1.165, 1.54) is 6.07 Å². The molecule has 1 aromatic carbocycles. The maximum atomic E-state index is 13.0. The molecule has 2 aliphatic rings. The van der Waals surface area contributed by atoms with E-state index in [1.807, 2.05) is 11.8 Å². The lowest BCUT2D eigenvalue weighted by Crippen LogP contribution is -2.48. The number of aliphatic imine (C=N–C) groups is 1. The molecule has 1 atom stereocenters. The van der Waals surface area contributed by atoms with Gasteiger partial charge in [0.2, 0.25) is 5.91 Å². The number of nitrogens with one attached hydrogen (secondary N) is 2. The fourth-order valence-electron chi connectivity index (χ4n) is 3.34. The van der Waals surface area contributed by atoms with Crippen LogP contribution in [-0.4, -0.2) is 55.6 Å². The number of carbonyl (C=O) groups is 1. The molecule has 1 aliphatic heterocycles. The molecule has 1 unspecified atom stereocenters. The summed E-state index contributed by atoms with van der Waals surface area (Å²) < 4.78 is 44.8. The van der Waals surface area contributed by atoms with Crippen molar-refractivity contribution < 1.29 is 22.7 Å². The Morgan fingerprint density at radius 2 is 2.10 bits per heavy atom.